The Morgan fingerprint density at radius 1 is 1.35 bits per heavy atom. The number of rotatable bonds is 5. The van der Waals surface area contributed by atoms with Crippen molar-refractivity contribution in [1.29, 1.82) is 0 Å². The van der Waals surface area contributed by atoms with Gasteiger partial charge in [-0.05, 0) is 30.9 Å². The molecule has 124 valence electrons. The van der Waals surface area contributed by atoms with Gasteiger partial charge in [0, 0.05) is 10.1 Å². The SMILES string of the molecule is COc1cc2c(OCC3CCCCC3)c(C(=O)O)sc2cc1F. The van der Waals surface area contributed by atoms with Crippen molar-refractivity contribution in [3.05, 3.63) is 22.8 Å². The molecule has 0 amide bonds. The molecule has 1 fully saturated rings. The zero-order valence-electron chi connectivity index (χ0n) is 12.9. The van der Waals surface area contributed by atoms with Crippen molar-refractivity contribution in [2.45, 2.75) is 32.1 Å². The number of aromatic carboxylic acids is 1. The highest BCUT2D eigenvalue weighted by atomic mass is 32.1. The molecule has 0 unspecified atom stereocenters. The molecule has 0 bridgehead atoms. The topological polar surface area (TPSA) is 55.8 Å². The maximum atomic E-state index is 13.8. The van der Waals surface area contributed by atoms with E-state index in [-0.39, 0.29) is 10.6 Å². The van der Waals surface area contributed by atoms with Crippen molar-refractivity contribution in [2.24, 2.45) is 5.92 Å². The number of carboxylic acid groups (broad SMARTS) is 1. The molecule has 6 heteroatoms. The van der Waals surface area contributed by atoms with Gasteiger partial charge in [0.15, 0.2) is 22.2 Å². The fourth-order valence-corrected chi connectivity index (χ4v) is 4.06. The maximum Gasteiger partial charge on any atom is 0.349 e. The molecule has 1 aromatic heterocycles. The Hall–Kier alpha value is -1.82. The van der Waals surface area contributed by atoms with E-state index in [1.807, 2.05) is 0 Å². The molecule has 1 heterocycles. The minimum Gasteiger partial charge on any atom is -0.494 e. The van der Waals surface area contributed by atoms with E-state index in [9.17, 15) is 14.3 Å². The molecule has 0 aliphatic heterocycles. The predicted octanol–water partition coefficient (Wildman–Crippen LogP) is 4.71. The van der Waals surface area contributed by atoms with Crippen LogP contribution in [0.5, 0.6) is 11.5 Å². The molecule has 1 aromatic carbocycles. The van der Waals surface area contributed by atoms with E-state index < -0.39 is 11.8 Å². The van der Waals surface area contributed by atoms with Gasteiger partial charge < -0.3 is 14.6 Å². The van der Waals surface area contributed by atoms with Crippen molar-refractivity contribution in [3.63, 3.8) is 0 Å². The van der Waals surface area contributed by atoms with Gasteiger partial charge in [-0.2, -0.15) is 0 Å². The van der Waals surface area contributed by atoms with Crippen LogP contribution in [0, 0.1) is 11.7 Å². The fraction of sp³-hybridized carbons (Fsp3) is 0.471. The van der Waals surface area contributed by atoms with E-state index in [1.54, 1.807) is 0 Å². The van der Waals surface area contributed by atoms with Crippen LogP contribution in [0.15, 0.2) is 12.1 Å². The van der Waals surface area contributed by atoms with Gasteiger partial charge in [-0.1, -0.05) is 19.3 Å². The normalized spacial score (nSPS) is 15.7. The van der Waals surface area contributed by atoms with Gasteiger partial charge in [0.25, 0.3) is 0 Å². The smallest absolute Gasteiger partial charge is 0.349 e. The molecule has 1 aliphatic carbocycles. The number of ether oxygens (including phenoxy) is 2. The highest BCUT2D eigenvalue weighted by Crippen LogP contribution is 2.41. The van der Waals surface area contributed by atoms with Crippen molar-refractivity contribution in [2.75, 3.05) is 13.7 Å². The minimum atomic E-state index is -1.05. The fourth-order valence-electron chi connectivity index (χ4n) is 3.07. The van der Waals surface area contributed by atoms with Gasteiger partial charge in [0.2, 0.25) is 0 Å². The monoisotopic (exact) mass is 338 g/mol. The van der Waals surface area contributed by atoms with E-state index in [4.69, 9.17) is 9.47 Å². The Morgan fingerprint density at radius 3 is 2.74 bits per heavy atom. The van der Waals surface area contributed by atoms with Crippen LogP contribution < -0.4 is 9.47 Å². The Balaban J connectivity index is 1.94. The molecule has 4 nitrogen and oxygen atoms in total. The van der Waals surface area contributed by atoms with Crippen LogP contribution in [0.1, 0.15) is 41.8 Å². The summed E-state index contributed by atoms with van der Waals surface area (Å²) >= 11 is 1.03. The van der Waals surface area contributed by atoms with Crippen LogP contribution in [0.25, 0.3) is 10.1 Å². The summed E-state index contributed by atoms with van der Waals surface area (Å²) in [6.45, 7) is 0.506. The number of hydrogen-bond acceptors (Lipinski definition) is 4. The highest BCUT2D eigenvalue weighted by Gasteiger charge is 2.23. The average Bonchev–Trinajstić information content (AvgIpc) is 2.90. The van der Waals surface area contributed by atoms with Crippen molar-refractivity contribution in [3.8, 4) is 11.5 Å². The van der Waals surface area contributed by atoms with E-state index in [0.717, 1.165) is 24.2 Å². The van der Waals surface area contributed by atoms with Gasteiger partial charge in [0.1, 0.15) is 0 Å². The average molecular weight is 338 g/mol. The maximum absolute atomic E-state index is 13.8. The lowest BCUT2D eigenvalue weighted by Gasteiger charge is -2.21. The number of thiophene rings is 1. The number of carboxylic acids is 1. The molecule has 1 N–H and O–H groups in total. The van der Waals surface area contributed by atoms with Crippen LogP contribution in [0.4, 0.5) is 4.39 Å². The summed E-state index contributed by atoms with van der Waals surface area (Å²) in [6.07, 6.45) is 5.88. The largest absolute Gasteiger partial charge is 0.494 e. The summed E-state index contributed by atoms with van der Waals surface area (Å²) in [5.41, 5.74) is 0. The molecular formula is C17H19FO4S. The summed E-state index contributed by atoms with van der Waals surface area (Å²) < 4.78 is 25.3. The highest BCUT2D eigenvalue weighted by molar-refractivity contribution is 7.21. The van der Waals surface area contributed by atoms with Crippen molar-refractivity contribution < 1.29 is 23.8 Å². The molecule has 1 saturated carbocycles. The number of carbonyl (C=O) groups is 1. The second-order valence-electron chi connectivity index (χ2n) is 5.86. The predicted molar refractivity (Wildman–Crippen MR) is 87.4 cm³/mol. The van der Waals surface area contributed by atoms with Crippen LogP contribution >= 0.6 is 11.3 Å². The summed E-state index contributed by atoms with van der Waals surface area (Å²) in [5, 5.41) is 10.0. The molecule has 2 aromatic rings. The molecule has 0 spiro atoms. The van der Waals surface area contributed by atoms with Crippen molar-refractivity contribution >= 4 is 27.4 Å². The number of halogens is 1. The van der Waals surface area contributed by atoms with Gasteiger partial charge in [0.05, 0.1) is 13.7 Å². The molecule has 1 aliphatic rings. The quantitative estimate of drug-likeness (QED) is 0.858. The first-order valence-electron chi connectivity index (χ1n) is 7.76. The molecule has 0 saturated heterocycles. The first-order chi connectivity index (χ1) is 11.1. The van der Waals surface area contributed by atoms with Gasteiger partial charge >= 0.3 is 5.97 Å². The summed E-state index contributed by atoms with van der Waals surface area (Å²) in [7, 11) is 1.39. The summed E-state index contributed by atoms with van der Waals surface area (Å²) in [6, 6.07) is 2.82. The molecular weight excluding hydrogens is 319 g/mol. The molecule has 23 heavy (non-hydrogen) atoms. The number of benzene rings is 1. The Labute approximate surface area is 137 Å². The summed E-state index contributed by atoms with van der Waals surface area (Å²) in [4.78, 5) is 11.6. The number of fused-ring (bicyclic) bond motifs is 1. The number of methoxy groups -OCH3 is 1. The Kier molecular flexibility index (Phi) is 4.71. The van der Waals surface area contributed by atoms with Crippen LogP contribution in [0.2, 0.25) is 0 Å². The van der Waals surface area contributed by atoms with Gasteiger partial charge in [-0.15, -0.1) is 11.3 Å². The van der Waals surface area contributed by atoms with Crippen molar-refractivity contribution in [1.82, 2.24) is 0 Å². The first-order valence-corrected chi connectivity index (χ1v) is 8.58. The lowest BCUT2D eigenvalue weighted by atomic mass is 9.90. The van der Waals surface area contributed by atoms with Crippen LogP contribution in [-0.2, 0) is 0 Å². The molecule has 0 radical (unpaired) electrons. The Morgan fingerprint density at radius 2 is 2.09 bits per heavy atom. The van der Waals surface area contributed by atoms with E-state index >= 15 is 0 Å². The first kappa shape index (κ1) is 16.1. The van der Waals surface area contributed by atoms with E-state index in [2.05, 4.69) is 0 Å². The second-order valence-corrected chi connectivity index (χ2v) is 6.92. The van der Waals surface area contributed by atoms with E-state index in [1.165, 1.54) is 38.5 Å². The third kappa shape index (κ3) is 3.27. The molecule has 0 atom stereocenters. The van der Waals surface area contributed by atoms with Gasteiger partial charge in [-0.25, -0.2) is 9.18 Å². The lowest BCUT2D eigenvalue weighted by molar-refractivity contribution is 0.0697. The number of hydrogen-bond donors (Lipinski definition) is 1. The zero-order chi connectivity index (χ0) is 16.4. The standard InChI is InChI=1S/C17H19FO4S/c1-21-13-7-11-14(8-12(13)18)23-16(17(19)20)15(11)22-9-10-5-3-2-4-6-10/h7-8,10H,2-6,9H2,1H3,(H,19,20). The molecule has 3 rings (SSSR count). The lowest BCUT2D eigenvalue weighted by Crippen LogP contribution is -2.15. The minimum absolute atomic E-state index is 0.0924. The van der Waals surface area contributed by atoms with Crippen LogP contribution in [0.3, 0.4) is 0 Å². The second kappa shape index (κ2) is 6.74. The third-order valence-corrected chi connectivity index (χ3v) is 5.42. The Bertz CT molecular complexity index is 719. The van der Waals surface area contributed by atoms with Gasteiger partial charge in [-0.3, -0.25) is 0 Å². The van der Waals surface area contributed by atoms with E-state index in [0.29, 0.717) is 28.4 Å². The van der Waals surface area contributed by atoms with Crippen LogP contribution in [-0.4, -0.2) is 24.8 Å². The zero-order valence-corrected chi connectivity index (χ0v) is 13.7. The summed E-state index contributed by atoms with van der Waals surface area (Å²) in [5.74, 6) is -0.667. The third-order valence-electron chi connectivity index (χ3n) is 4.30.